The predicted octanol–water partition coefficient (Wildman–Crippen LogP) is -0.598. The van der Waals surface area contributed by atoms with Crippen molar-refractivity contribution in [3.8, 4) is 0 Å². The van der Waals surface area contributed by atoms with Crippen LogP contribution in [0, 0.1) is 5.41 Å². The number of carbonyl (C=O) groups excluding carboxylic acids is 1. The van der Waals surface area contributed by atoms with Gasteiger partial charge in [0.15, 0.2) is 5.96 Å². The highest BCUT2D eigenvalue weighted by Crippen LogP contribution is 2.10. The van der Waals surface area contributed by atoms with Crippen LogP contribution in [0.1, 0.15) is 0 Å². The summed E-state index contributed by atoms with van der Waals surface area (Å²) in [7, 11) is -4.11. The summed E-state index contributed by atoms with van der Waals surface area (Å²) in [6.07, 6.45) is 0. The first kappa shape index (κ1) is 13.0. The van der Waals surface area contributed by atoms with Gasteiger partial charge in [-0.3, -0.25) is 5.41 Å². The lowest BCUT2D eigenvalue weighted by molar-refractivity contribution is -0.132. The van der Waals surface area contributed by atoms with Crippen LogP contribution in [0.25, 0.3) is 0 Å². The first-order chi connectivity index (χ1) is 7.92. The van der Waals surface area contributed by atoms with E-state index < -0.39 is 28.6 Å². The van der Waals surface area contributed by atoms with E-state index in [-0.39, 0.29) is 4.90 Å². The molecule has 0 spiro atoms. The maximum Gasteiger partial charge on any atom is 0.341 e. The third-order valence-electron chi connectivity index (χ3n) is 1.66. The molecular weight excluding hydrogens is 246 g/mol. The summed E-state index contributed by atoms with van der Waals surface area (Å²) in [6, 6.07) is 7.27. The predicted molar refractivity (Wildman–Crippen MR) is 59.6 cm³/mol. The maximum atomic E-state index is 11.5. The van der Waals surface area contributed by atoms with Crippen LogP contribution in [-0.2, 0) is 19.1 Å². The number of benzene rings is 1. The van der Waals surface area contributed by atoms with Gasteiger partial charge in [0.2, 0.25) is 0 Å². The van der Waals surface area contributed by atoms with Crippen LogP contribution in [0.15, 0.2) is 35.2 Å². The van der Waals surface area contributed by atoms with Crippen molar-refractivity contribution in [2.45, 2.75) is 4.90 Å². The van der Waals surface area contributed by atoms with Gasteiger partial charge in [0.25, 0.3) is 0 Å². The fourth-order valence-electron chi connectivity index (χ4n) is 0.954. The molecule has 0 unspecified atom stereocenters. The third-order valence-corrected chi connectivity index (χ3v) is 2.91. The van der Waals surface area contributed by atoms with E-state index in [1.54, 1.807) is 6.07 Å². The molecule has 0 saturated heterocycles. The molecule has 0 aliphatic carbocycles. The Labute approximate surface area is 98.2 Å². The van der Waals surface area contributed by atoms with E-state index in [0.717, 1.165) is 0 Å². The number of rotatable bonds is 4. The number of hydrogen-bond donors (Lipinski definition) is 3. The third kappa shape index (κ3) is 4.11. The number of hydrogen-bond acceptors (Lipinski definition) is 5. The molecule has 0 fully saturated rings. The summed E-state index contributed by atoms with van der Waals surface area (Å²) < 4.78 is 27.4. The first-order valence-corrected chi connectivity index (χ1v) is 5.93. The van der Waals surface area contributed by atoms with Crippen LogP contribution in [-0.4, -0.2) is 26.9 Å². The van der Waals surface area contributed by atoms with E-state index in [9.17, 15) is 13.2 Å². The van der Waals surface area contributed by atoms with Gasteiger partial charge in [-0.2, -0.15) is 8.42 Å². The molecule has 8 heteroatoms. The monoisotopic (exact) mass is 257 g/mol. The van der Waals surface area contributed by atoms with E-state index in [2.05, 4.69) is 9.50 Å². The van der Waals surface area contributed by atoms with Crippen molar-refractivity contribution in [2.24, 2.45) is 5.73 Å². The van der Waals surface area contributed by atoms with E-state index in [0.29, 0.717) is 0 Å². The molecule has 0 heterocycles. The second-order valence-corrected chi connectivity index (χ2v) is 4.54. The molecule has 0 aliphatic heterocycles. The van der Waals surface area contributed by atoms with Gasteiger partial charge in [-0.25, -0.2) is 4.79 Å². The molecule has 7 nitrogen and oxygen atoms in total. The molecule has 1 aromatic rings. The molecule has 0 aliphatic rings. The molecule has 1 aromatic carbocycles. The Kier molecular flexibility index (Phi) is 4.05. The minimum Gasteiger partial charge on any atom is -0.370 e. The van der Waals surface area contributed by atoms with Crippen LogP contribution in [0.5, 0.6) is 0 Å². The van der Waals surface area contributed by atoms with E-state index in [4.69, 9.17) is 11.1 Å². The fourth-order valence-corrected chi connectivity index (χ4v) is 1.84. The molecule has 0 saturated carbocycles. The van der Waals surface area contributed by atoms with Crippen LogP contribution in [0.4, 0.5) is 0 Å². The smallest absolute Gasteiger partial charge is 0.341 e. The van der Waals surface area contributed by atoms with Crippen molar-refractivity contribution in [3.05, 3.63) is 30.3 Å². The zero-order chi connectivity index (χ0) is 12.9. The molecule has 0 aromatic heterocycles. The minimum atomic E-state index is -4.11. The van der Waals surface area contributed by atoms with Crippen LogP contribution >= 0.6 is 0 Å². The zero-order valence-corrected chi connectivity index (χ0v) is 9.53. The number of nitrogens with two attached hydrogens (primary N) is 1. The molecule has 92 valence electrons. The maximum absolute atomic E-state index is 11.5. The van der Waals surface area contributed by atoms with Gasteiger partial charge >= 0.3 is 16.1 Å². The highest BCUT2D eigenvalue weighted by atomic mass is 32.2. The summed E-state index contributed by atoms with van der Waals surface area (Å²) in [6.45, 7) is -0.485. The summed E-state index contributed by atoms with van der Waals surface area (Å²) in [4.78, 5) is 11.0. The van der Waals surface area contributed by atoms with E-state index in [1.807, 2.05) is 0 Å². The Morgan fingerprint density at radius 1 is 1.35 bits per heavy atom. The Bertz CT molecular complexity index is 512. The minimum absolute atomic E-state index is 0.115. The largest absolute Gasteiger partial charge is 0.370 e. The molecule has 4 N–H and O–H groups in total. The Hall–Kier alpha value is -2.09. The Morgan fingerprint density at radius 2 is 1.94 bits per heavy atom. The lowest BCUT2D eigenvalue weighted by Gasteiger charge is -2.06. The van der Waals surface area contributed by atoms with Gasteiger partial charge in [0.05, 0.1) is 0 Å². The lowest BCUT2D eigenvalue weighted by Crippen LogP contribution is -2.35. The molecule has 0 amide bonds. The van der Waals surface area contributed by atoms with Crippen molar-refractivity contribution in [2.75, 3.05) is 6.54 Å². The normalized spacial score (nSPS) is 10.6. The highest BCUT2D eigenvalue weighted by molar-refractivity contribution is 7.87. The summed E-state index contributed by atoms with van der Waals surface area (Å²) in [5, 5.41) is 8.93. The van der Waals surface area contributed by atoms with Crippen molar-refractivity contribution in [1.29, 1.82) is 5.41 Å². The Morgan fingerprint density at radius 3 is 2.47 bits per heavy atom. The van der Waals surface area contributed by atoms with Crippen LogP contribution < -0.4 is 11.1 Å². The van der Waals surface area contributed by atoms with Gasteiger partial charge < -0.3 is 15.2 Å². The molecule has 17 heavy (non-hydrogen) atoms. The standard InChI is InChI=1S/C9H11N3O4S/c10-9(11)12-6-8(13)16-17(14,15)7-4-2-1-3-5-7/h1-5H,6H2,(H4,10,11,12). The molecular formula is C9H11N3O4S. The fraction of sp³-hybridized carbons (Fsp3) is 0.111. The molecule has 0 radical (unpaired) electrons. The van der Waals surface area contributed by atoms with E-state index >= 15 is 0 Å². The van der Waals surface area contributed by atoms with Crippen LogP contribution in [0.3, 0.4) is 0 Å². The zero-order valence-electron chi connectivity index (χ0n) is 8.71. The van der Waals surface area contributed by atoms with E-state index in [1.165, 1.54) is 24.3 Å². The van der Waals surface area contributed by atoms with Gasteiger partial charge in [0.1, 0.15) is 11.4 Å². The van der Waals surface area contributed by atoms with Gasteiger partial charge in [-0.15, -0.1) is 0 Å². The molecule has 1 rings (SSSR count). The van der Waals surface area contributed by atoms with Gasteiger partial charge in [-0.1, -0.05) is 18.2 Å². The lowest BCUT2D eigenvalue weighted by atomic mass is 10.4. The number of carbonyl (C=O) groups is 1. The van der Waals surface area contributed by atoms with Crippen LogP contribution in [0.2, 0.25) is 0 Å². The van der Waals surface area contributed by atoms with Crippen molar-refractivity contribution < 1.29 is 17.4 Å². The average molecular weight is 257 g/mol. The first-order valence-electron chi connectivity index (χ1n) is 4.52. The van der Waals surface area contributed by atoms with Crippen molar-refractivity contribution in [3.63, 3.8) is 0 Å². The van der Waals surface area contributed by atoms with Crippen molar-refractivity contribution in [1.82, 2.24) is 5.32 Å². The number of guanidine groups is 1. The molecule has 0 bridgehead atoms. The second kappa shape index (κ2) is 5.30. The topological polar surface area (TPSA) is 122 Å². The average Bonchev–Trinajstić information content (AvgIpc) is 2.27. The Balaban J connectivity index is 2.68. The summed E-state index contributed by atoms with van der Waals surface area (Å²) in [5.41, 5.74) is 4.93. The summed E-state index contributed by atoms with van der Waals surface area (Å²) in [5.74, 6) is -1.48. The highest BCUT2D eigenvalue weighted by Gasteiger charge is 2.19. The quantitative estimate of drug-likeness (QED) is 0.376. The van der Waals surface area contributed by atoms with Crippen molar-refractivity contribution >= 4 is 22.0 Å². The molecule has 0 atom stereocenters. The SMILES string of the molecule is N=C(N)NCC(=O)OS(=O)(=O)c1ccccc1. The second-order valence-electron chi connectivity index (χ2n) is 2.99. The summed E-state index contributed by atoms with van der Waals surface area (Å²) >= 11 is 0. The van der Waals surface area contributed by atoms with Gasteiger partial charge in [0, 0.05) is 0 Å². The number of nitrogens with one attached hydrogen (secondary N) is 2. The van der Waals surface area contributed by atoms with Gasteiger partial charge in [-0.05, 0) is 12.1 Å².